The molecule has 2 N–H and O–H groups in total. The van der Waals surface area contributed by atoms with Gasteiger partial charge in [-0.15, -0.1) is 0 Å². The molecule has 17 heavy (non-hydrogen) atoms. The van der Waals surface area contributed by atoms with Crippen LogP contribution in [0, 0.1) is 0 Å². The standard InChI is InChI=1S/C11H24N2O3.CH4/c14-7-1-2-12-3-8-15-9-4-13-5-10-16-11-6-13;/h12,14H,1-11H2;1H4. The van der Waals surface area contributed by atoms with Crippen LogP contribution in [0.2, 0.25) is 0 Å². The van der Waals surface area contributed by atoms with Crippen molar-refractivity contribution in [1.29, 1.82) is 0 Å². The Morgan fingerprint density at radius 2 is 1.94 bits per heavy atom. The first kappa shape index (κ1) is 16.8. The van der Waals surface area contributed by atoms with Crippen LogP contribution in [0.15, 0.2) is 0 Å². The van der Waals surface area contributed by atoms with E-state index in [1.807, 2.05) is 0 Å². The van der Waals surface area contributed by atoms with E-state index in [0.717, 1.165) is 65.6 Å². The van der Waals surface area contributed by atoms with Crippen molar-refractivity contribution < 1.29 is 14.6 Å². The molecule has 5 nitrogen and oxygen atoms in total. The lowest BCUT2D eigenvalue weighted by Gasteiger charge is -2.26. The number of nitrogens with one attached hydrogen (secondary N) is 1. The molecule has 1 rings (SSSR count). The molecule has 0 spiro atoms. The summed E-state index contributed by atoms with van der Waals surface area (Å²) in [5.74, 6) is 0. The van der Waals surface area contributed by atoms with Gasteiger partial charge in [0.15, 0.2) is 0 Å². The molecule has 0 aromatic rings. The maximum atomic E-state index is 8.56. The Bertz CT molecular complexity index is 153. The quantitative estimate of drug-likeness (QED) is 0.560. The Labute approximate surface area is 105 Å². The fourth-order valence-corrected chi connectivity index (χ4v) is 1.59. The normalized spacial score (nSPS) is 16.8. The van der Waals surface area contributed by atoms with E-state index in [9.17, 15) is 0 Å². The van der Waals surface area contributed by atoms with Crippen molar-refractivity contribution in [2.75, 3.05) is 65.8 Å². The zero-order valence-electron chi connectivity index (χ0n) is 9.99. The SMILES string of the molecule is C.OCCCNCCOCCN1CCOCC1. The maximum Gasteiger partial charge on any atom is 0.0594 e. The summed E-state index contributed by atoms with van der Waals surface area (Å²) in [6, 6.07) is 0. The molecular formula is C12H28N2O3. The second-order valence-electron chi connectivity index (χ2n) is 3.89. The highest BCUT2D eigenvalue weighted by Crippen LogP contribution is 1.95. The fourth-order valence-electron chi connectivity index (χ4n) is 1.59. The third kappa shape index (κ3) is 9.50. The van der Waals surface area contributed by atoms with Crippen LogP contribution in [0.3, 0.4) is 0 Å². The van der Waals surface area contributed by atoms with E-state index in [1.54, 1.807) is 0 Å². The van der Waals surface area contributed by atoms with Gasteiger partial charge in [-0.3, -0.25) is 4.90 Å². The predicted octanol–water partition coefficient (Wildman–Crippen LogP) is -0.0567. The molecule has 1 fully saturated rings. The monoisotopic (exact) mass is 248 g/mol. The van der Waals surface area contributed by atoms with Crippen molar-refractivity contribution in [2.45, 2.75) is 13.8 Å². The molecule has 0 unspecified atom stereocenters. The molecule has 104 valence electrons. The number of aliphatic hydroxyl groups is 1. The Balaban J connectivity index is 0.00000256. The summed E-state index contributed by atoms with van der Waals surface area (Å²) in [4.78, 5) is 2.36. The molecule has 0 atom stereocenters. The molecule has 0 aliphatic carbocycles. The number of hydrogen-bond donors (Lipinski definition) is 2. The van der Waals surface area contributed by atoms with Crippen molar-refractivity contribution in [2.24, 2.45) is 0 Å². The van der Waals surface area contributed by atoms with Gasteiger partial charge in [0, 0.05) is 32.8 Å². The van der Waals surface area contributed by atoms with Gasteiger partial charge in [-0.25, -0.2) is 0 Å². The van der Waals surface area contributed by atoms with Crippen molar-refractivity contribution in [3.63, 3.8) is 0 Å². The summed E-state index contributed by atoms with van der Waals surface area (Å²) < 4.78 is 10.8. The van der Waals surface area contributed by atoms with Crippen LogP contribution in [-0.4, -0.2) is 75.8 Å². The highest BCUT2D eigenvalue weighted by molar-refractivity contribution is 4.60. The number of aliphatic hydroxyl groups excluding tert-OH is 1. The fraction of sp³-hybridized carbons (Fsp3) is 1.00. The molecule has 0 saturated carbocycles. The van der Waals surface area contributed by atoms with E-state index in [1.165, 1.54) is 0 Å². The van der Waals surface area contributed by atoms with Crippen LogP contribution in [0.25, 0.3) is 0 Å². The Hall–Kier alpha value is -0.200. The van der Waals surface area contributed by atoms with E-state index in [-0.39, 0.29) is 14.0 Å². The lowest BCUT2D eigenvalue weighted by Crippen LogP contribution is -2.38. The molecule has 1 heterocycles. The van der Waals surface area contributed by atoms with E-state index < -0.39 is 0 Å². The lowest BCUT2D eigenvalue weighted by molar-refractivity contribution is 0.0208. The largest absolute Gasteiger partial charge is 0.396 e. The average Bonchev–Trinajstić information content (AvgIpc) is 2.34. The van der Waals surface area contributed by atoms with Crippen LogP contribution in [-0.2, 0) is 9.47 Å². The summed E-state index contributed by atoms with van der Waals surface area (Å²) in [5.41, 5.74) is 0. The van der Waals surface area contributed by atoms with Gasteiger partial charge in [0.2, 0.25) is 0 Å². The molecule has 0 bridgehead atoms. The molecule has 0 amide bonds. The first-order valence-electron chi connectivity index (χ1n) is 6.13. The zero-order valence-corrected chi connectivity index (χ0v) is 9.99. The van der Waals surface area contributed by atoms with Crippen molar-refractivity contribution in [1.82, 2.24) is 10.2 Å². The van der Waals surface area contributed by atoms with Crippen LogP contribution in [0.1, 0.15) is 13.8 Å². The Kier molecular flexibility index (Phi) is 12.1. The number of rotatable bonds is 9. The van der Waals surface area contributed by atoms with Crippen molar-refractivity contribution in [3.8, 4) is 0 Å². The predicted molar refractivity (Wildman–Crippen MR) is 69.4 cm³/mol. The van der Waals surface area contributed by atoms with Gasteiger partial charge in [0.25, 0.3) is 0 Å². The Morgan fingerprint density at radius 3 is 2.65 bits per heavy atom. The second kappa shape index (κ2) is 12.3. The van der Waals surface area contributed by atoms with Gasteiger partial charge in [0.05, 0.1) is 26.4 Å². The number of ether oxygens (including phenoxy) is 2. The van der Waals surface area contributed by atoms with Crippen LogP contribution in [0.5, 0.6) is 0 Å². The number of morpholine rings is 1. The van der Waals surface area contributed by atoms with Gasteiger partial charge < -0.3 is 19.9 Å². The first-order valence-corrected chi connectivity index (χ1v) is 6.13. The number of nitrogens with zero attached hydrogens (tertiary/aromatic N) is 1. The van der Waals surface area contributed by atoms with E-state index >= 15 is 0 Å². The summed E-state index contributed by atoms with van der Waals surface area (Å²) in [6.07, 6.45) is 0.813. The summed E-state index contributed by atoms with van der Waals surface area (Å²) in [6.45, 7) is 8.27. The summed E-state index contributed by atoms with van der Waals surface area (Å²) in [7, 11) is 0. The minimum absolute atomic E-state index is 0. The average molecular weight is 248 g/mol. The van der Waals surface area contributed by atoms with E-state index in [2.05, 4.69) is 10.2 Å². The molecule has 0 aromatic heterocycles. The topological polar surface area (TPSA) is 54.0 Å². The molecule has 1 aliphatic heterocycles. The highest BCUT2D eigenvalue weighted by Gasteiger charge is 2.08. The molecule has 1 saturated heterocycles. The summed E-state index contributed by atoms with van der Waals surface area (Å²) in [5, 5.41) is 11.8. The minimum Gasteiger partial charge on any atom is -0.396 e. The van der Waals surface area contributed by atoms with Gasteiger partial charge >= 0.3 is 0 Å². The van der Waals surface area contributed by atoms with Gasteiger partial charge in [-0.2, -0.15) is 0 Å². The van der Waals surface area contributed by atoms with E-state index in [0.29, 0.717) is 0 Å². The molecule has 0 radical (unpaired) electrons. The Morgan fingerprint density at radius 1 is 1.18 bits per heavy atom. The van der Waals surface area contributed by atoms with Crippen LogP contribution in [0.4, 0.5) is 0 Å². The number of hydrogen-bond acceptors (Lipinski definition) is 5. The third-order valence-electron chi connectivity index (χ3n) is 2.59. The molecule has 1 aliphatic rings. The van der Waals surface area contributed by atoms with Crippen LogP contribution >= 0.6 is 0 Å². The minimum atomic E-state index is 0. The van der Waals surface area contributed by atoms with E-state index in [4.69, 9.17) is 14.6 Å². The highest BCUT2D eigenvalue weighted by atomic mass is 16.5. The van der Waals surface area contributed by atoms with Gasteiger partial charge in [0.1, 0.15) is 0 Å². The third-order valence-corrected chi connectivity index (χ3v) is 2.59. The molecule has 0 aromatic carbocycles. The van der Waals surface area contributed by atoms with Gasteiger partial charge in [-0.1, -0.05) is 7.43 Å². The summed E-state index contributed by atoms with van der Waals surface area (Å²) >= 11 is 0. The molecule has 5 heteroatoms. The lowest BCUT2D eigenvalue weighted by atomic mass is 10.4. The van der Waals surface area contributed by atoms with Crippen molar-refractivity contribution >= 4 is 0 Å². The second-order valence-corrected chi connectivity index (χ2v) is 3.89. The molecular weight excluding hydrogens is 220 g/mol. The van der Waals surface area contributed by atoms with Gasteiger partial charge in [-0.05, 0) is 13.0 Å². The van der Waals surface area contributed by atoms with Crippen LogP contribution < -0.4 is 5.32 Å². The maximum absolute atomic E-state index is 8.56. The van der Waals surface area contributed by atoms with Crippen molar-refractivity contribution in [3.05, 3.63) is 0 Å². The first-order chi connectivity index (χ1) is 7.93. The zero-order chi connectivity index (χ0) is 11.5. The smallest absolute Gasteiger partial charge is 0.0594 e.